The van der Waals surface area contributed by atoms with Gasteiger partial charge < -0.3 is 15.5 Å². The van der Waals surface area contributed by atoms with Crippen LogP contribution in [0.5, 0.6) is 5.75 Å². The molecule has 0 amide bonds. The van der Waals surface area contributed by atoms with Gasteiger partial charge in [-0.05, 0) is 39.0 Å². The normalized spacial score (nSPS) is 10.4. The molecule has 0 aliphatic rings. The molecule has 0 spiro atoms. The molecule has 0 saturated carbocycles. The van der Waals surface area contributed by atoms with Crippen LogP contribution in [0.25, 0.3) is 0 Å². The van der Waals surface area contributed by atoms with Crippen molar-refractivity contribution in [2.45, 2.75) is 0 Å². The van der Waals surface area contributed by atoms with Crippen molar-refractivity contribution in [2.75, 3.05) is 13.2 Å². The van der Waals surface area contributed by atoms with Crippen LogP contribution in [0.4, 0.5) is 0 Å². The van der Waals surface area contributed by atoms with Crippen LogP contribution in [0.2, 0.25) is 0 Å². The van der Waals surface area contributed by atoms with Gasteiger partial charge >= 0.3 is 6.92 Å². The molecule has 0 fully saturated rings. The van der Waals surface area contributed by atoms with Gasteiger partial charge in [-0.15, -0.1) is 0 Å². The SMILES string of the molecule is NCCOB(c1ccccc1)c1ccc(Br)c(O)c1. The quantitative estimate of drug-likeness (QED) is 0.815. The first-order valence-corrected chi connectivity index (χ1v) is 6.86. The Morgan fingerprint density at radius 1 is 1.11 bits per heavy atom. The first-order chi connectivity index (χ1) is 9.22. The molecule has 0 aliphatic heterocycles. The molecule has 2 rings (SSSR count). The molecule has 0 unspecified atom stereocenters. The molecule has 0 aliphatic carbocycles. The maximum atomic E-state index is 9.79. The first-order valence-electron chi connectivity index (χ1n) is 6.07. The molecule has 0 bridgehead atoms. The smallest absolute Gasteiger partial charge is 0.361 e. The highest BCUT2D eigenvalue weighted by Gasteiger charge is 2.21. The number of rotatable bonds is 5. The van der Waals surface area contributed by atoms with E-state index >= 15 is 0 Å². The fraction of sp³-hybridized carbons (Fsp3) is 0.143. The summed E-state index contributed by atoms with van der Waals surface area (Å²) in [6.07, 6.45) is 0. The first kappa shape index (κ1) is 14.1. The highest BCUT2D eigenvalue weighted by molar-refractivity contribution is 9.10. The van der Waals surface area contributed by atoms with E-state index in [2.05, 4.69) is 15.9 Å². The summed E-state index contributed by atoms with van der Waals surface area (Å²) in [4.78, 5) is 0. The van der Waals surface area contributed by atoms with Crippen LogP contribution in [0.15, 0.2) is 53.0 Å². The van der Waals surface area contributed by atoms with Crippen molar-refractivity contribution in [2.24, 2.45) is 5.73 Å². The average Bonchev–Trinajstić information content (AvgIpc) is 2.44. The molecule has 0 radical (unpaired) electrons. The van der Waals surface area contributed by atoms with Crippen molar-refractivity contribution < 1.29 is 9.76 Å². The van der Waals surface area contributed by atoms with Gasteiger partial charge in [0, 0.05) is 13.2 Å². The number of nitrogens with two attached hydrogens (primary N) is 1. The Kier molecular flexibility index (Phi) is 5.02. The molecule has 3 N–H and O–H groups in total. The summed E-state index contributed by atoms with van der Waals surface area (Å²) in [5.41, 5.74) is 7.45. The summed E-state index contributed by atoms with van der Waals surface area (Å²) in [6.45, 7) is 0.714. The van der Waals surface area contributed by atoms with E-state index in [1.165, 1.54) is 0 Å². The summed E-state index contributed by atoms with van der Waals surface area (Å²) >= 11 is 3.28. The van der Waals surface area contributed by atoms with Crippen molar-refractivity contribution in [3.63, 3.8) is 0 Å². The van der Waals surface area contributed by atoms with Crippen molar-refractivity contribution >= 4 is 33.8 Å². The van der Waals surface area contributed by atoms with E-state index in [1.54, 1.807) is 6.07 Å². The molecule has 0 heterocycles. The number of hydrogen-bond donors (Lipinski definition) is 2. The van der Waals surface area contributed by atoms with Crippen LogP contribution in [-0.4, -0.2) is 25.2 Å². The summed E-state index contributed by atoms with van der Waals surface area (Å²) in [6, 6.07) is 15.3. The Morgan fingerprint density at radius 2 is 1.84 bits per heavy atom. The van der Waals surface area contributed by atoms with Gasteiger partial charge in [0.25, 0.3) is 0 Å². The highest BCUT2D eigenvalue weighted by atomic mass is 79.9. The van der Waals surface area contributed by atoms with Crippen molar-refractivity contribution in [3.8, 4) is 5.75 Å². The average molecular weight is 320 g/mol. The van der Waals surface area contributed by atoms with Crippen LogP contribution < -0.4 is 16.7 Å². The predicted molar refractivity (Wildman–Crippen MR) is 82.3 cm³/mol. The van der Waals surface area contributed by atoms with E-state index < -0.39 is 0 Å². The second-order valence-corrected chi connectivity index (χ2v) is 5.02. The Hall–Kier alpha value is -1.30. The molecule has 0 saturated heterocycles. The zero-order valence-electron chi connectivity index (χ0n) is 10.4. The van der Waals surface area contributed by atoms with E-state index in [0.29, 0.717) is 17.6 Å². The van der Waals surface area contributed by atoms with E-state index in [0.717, 1.165) is 10.9 Å². The fourth-order valence-corrected chi connectivity index (χ4v) is 2.14. The molecule has 2 aromatic rings. The minimum Gasteiger partial charge on any atom is -0.507 e. The predicted octanol–water partition coefficient (Wildman–Crippen LogP) is 1.24. The maximum absolute atomic E-state index is 9.79. The molecule has 5 heteroatoms. The third-order valence-electron chi connectivity index (χ3n) is 2.78. The monoisotopic (exact) mass is 319 g/mol. The largest absolute Gasteiger partial charge is 0.507 e. The summed E-state index contributed by atoms with van der Waals surface area (Å²) in [7, 11) is 0. The van der Waals surface area contributed by atoms with Crippen LogP contribution in [0.3, 0.4) is 0 Å². The Labute approximate surface area is 121 Å². The lowest BCUT2D eigenvalue weighted by Gasteiger charge is -2.15. The maximum Gasteiger partial charge on any atom is 0.361 e. The molecule has 0 aromatic heterocycles. The highest BCUT2D eigenvalue weighted by Crippen LogP contribution is 2.21. The Balaban J connectivity index is 2.34. The van der Waals surface area contributed by atoms with E-state index in [1.807, 2.05) is 42.5 Å². The Morgan fingerprint density at radius 3 is 2.47 bits per heavy atom. The summed E-state index contributed by atoms with van der Waals surface area (Å²) in [5.74, 6) is 0.203. The topological polar surface area (TPSA) is 55.5 Å². The van der Waals surface area contributed by atoms with Gasteiger partial charge in [0.1, 0.15) is 5.75 Å². The van der Waals surface area contributed by atoms with Crippen molar-refractivity contribution in [1.82, 2.24) is 0 Å². The molecule has 0 atom stereocenters. The molecule has 2 aromatic carbocycles. The van der Waals surface area contributed by atoms with E-state index in [9.17, 15) is 5.11 Å². The Bertz CT molecular complexity index is 536. The van der Waals surface area contributed by atoms with Gasteiger partial charge in [-0.25, -0.2) is 0 Å². The number of hydrogen-bond acceptors (Lipinski definition) is 3. The second kappa shape index (κ2) is 6.75. The molecular formula is C14H15BBrNO2. The van der Waals surface area contributed by atoms with Gasteiger partial charge in [0.2, 0.25) is 0 Å². The van der Waals surface area contributed by atoms with Gasteiger partial charge in [-0.3, -0.25) is 0 Å². The van der Waals surface area contributed by atoms with Gasteiger partial charge in [-0.2, -0.15) is 0 Å². The minimum absolute atomic E-state index is 0.203. The number of phenolic OH excluding ortho intramolecular Hbond substituents is 1. The van der Waals surface area contributed by atoms with Crippen LogP contribution in [-0.2, 0) is 4.65 Å². The minimum atomic E-state index is -0.219. The van der Waals surface area contributed by atoms with Crippen LogP contribution in [0, 0.1) is 0 Å². The summed E-state index contributed by atoms with van der Waals surface area (Å²) in [5, 5.41) is 9.79. The third-order valence-corrected chi connectivity index (χ3v) is 3.45. The molecule has 3 nitrogen and oxygen atoms in total. The van der Waals surface area contributed by atoms with Gasteiger partial charge in [0.15, 0.2) is 0 Å². The second-order valence-electron chi connectivity index (χ2n) is 4.16. The number of benzene rings is 2. The van der Waals surface area contributed by atoms with Crippen molar-refractivity contribution in [3.05, 3.63) is 53.0 Å². The van der Waals surface area contributed by atoms with Crippen molar-refractivity contribution in [1.29, 1.82) is 0 Å². The standard InChI is InChI=1S/C14H15BBrNO2/c16-13-7-6-12(10-14(13)18)15(19-9-8-17)11-4-2-1-3-5-11/h1-7,10,18H,8-9,17H2. The van der Waals surface area contributed by atoms with Crippen LogP contribution >= 0.6 is 15.9 Å². The fourth-order valence-electron chi connectivity index (χ4n) is 1.89. The number of phenols is 1. The zero-order chi connectivity index (χ0) is 13.7. The molecular weight excluding hydrogens is 305 g/mol. The van der Waals surface area contributed by atoms with Gasteiger partial charge in [-0.1, -0.05) is 36.4 Å². The van der Waals surface area contributed by atoms with Crippen LogP contribution in [0.1, 0.15) is 0 Å². The zero-order valence-corrected chi connectivity index (χ0v) is 12.0. The lowest BCUT2D eigenvalue weighted by molar-refractivity contribution is 0.344. The lowest BCUT2D eigenvalue weighted by Crippen LogP contribution is -2.45. The molecule has 19 heavy (non-hydrogen) atoms. The number of aromatic hydroxyl groups is 1. The molecule has 98 valence electrons. The summed E-state index contributed by atoms with van der Waals surface area (Å²) < 4.78 is 6.48. The third kappa shape index (κ3) is 3.59. The van der Waals surface area contributed by atoms with E-state index in [-0.39, 0.29) is 12.7 Å². The van der Waals surface area contributed by atoms with Gasteiger partial charge in [0.05, 0.1) is 4.47 Å². The lowest BCUT2D eigenvalue weighted by atomic mass is 9.55. The number of halogens is 1. The van der Waals surface area contributed by atoms with E-state index in [4.69, 9.17) is 10.4 Å².